The average molecular weight is 201 g/mol. The molecule has 13 heavy (non-hydrogen) atoms. The van der Waals surface area contributed by atoms with Gasteiger partial charge in [0.1, 0.15) is 0 Å². The molecule has 1 unspecified atom stereocenters. The van der Waals surface area contributed by atoms with Crippen LogP contribution in [0.4, 0.5) is 0 Å². The van der Waals surface area contributed by atoms with E-state index in [1.807, 2.05) is 0 Å². The summed E-state index contributed by atoms with van der Waals surface area (Å²) in [5.74, 6) is 4.45. The van der Waals surface area contributed by atoms with Gasteiger partial charge in [-0.25, -0.2) is 0 Å². The second kappa shape index (κ2) is 9.91. The topological polar surface area (TPSA) is 32.3 Å². The molecule has 76 valence electrons. The van der Waals surface area contributed by atoms with Crippen LogP contribution in [0, 0.1) is 12.3 Å². The maximum Gasteiger partial charge on any atom is 0.0545 e. The standard InChI is InChI=1S/C10H19NOS/c1-3-8-13-9-6-11-10(2)5-4-7-12/h1,10-12H,4-9H2,2H3. The van der Waals surface area contributed by atoms with Crippen molar-refractivity contribution in [2.45, 2.75) is 25.8 Å². The Morgan fingerprint density at radius 3 is 3.00 bits per heavy atom. The summed E-state index contributed by atoms with van der Waals surface area (Å²) in [4.78, 5) is 0. The lowest BCUT2D eigenvalue weighted by atomic mass is 10.2. The lowest BCUT2D eigenvalue weighted by Gasteiger charge is -2.12. The zero-order valence-electron chi connectivity index (χ0n) is 8.25. The van der Waals surface area contributed by atoms with Crippen LogP contribution >= 0.6 is 11.8 Å². The third kappa shape index (κ3) is 9.75. The van der Waals surface area contributed by atoms with Gasteiger partial charge in [0.15, 0.2) is 0 Å². The van der Waals surface area contributed by atoms with Crippen molar-refractivity contribution in [3.63, 3.8) is 0 Å². The summed E-state index contributed by atoms with van der Waals surface area (Å²) in [6.07, 6.45) is 7.04. The minimum absolute atomic E-state index is 0.290. The number of thioether (sulfide) groups is 1. The Bertz CT molecular complexity index is 144. The van der Waals surface area contributed by atoms with Crippen molar-refractivity contribution >= 4 is 11.8 Å². The predicted octanol–water partition coefficient (Wildman–Crippen LogP) is 1.10. The normalized spacial score (nSPS) is 12.4. The van der Waals surface area contributed by atoms with E-state index in [4.69, 9.17) is 11.5 Å². The third-order valence-corrected chi connectivity index (χ3v) is 2.58. The molecular formula is C10H19NOS. The van der Waals surface area contributed by atoms with Crippen LogP contribution in [0.3, 0.4) is 0 Å². The smallest absolute Gasteiger partial charge is 0.0545 e. The summed E-state index contributed by atoms with van der Waals surface area (Å²) in [7, 11) is 0. The van der Waals surface area contributed by atoms with Gasteiger partial charge in [0.05, 0.1) is 5.75 Å². The van der Waals surface area contributed by atoms with Crippen molar-refractivity contribution in [1.82, 2.24) is 5.32 Å². The molecule has 0 fully saturated rings. The van der Waals surface area contributed by atoms with Gasteiger partial charge in [-0.15, -0.1) is 18.2 Å². The predicted molar refractivity (Wildman–Crippen MR) is 59.9 cm³/mol. The van der Waals surface area contributed by atoms with Crippen molar-refractivity contribution in [2.75, 3.05) is 24.7 Å². The Balaban J connectivity index is 3.08. The van der Waals surface area contributed by atoms with E-state index in [-0.39, 0.29) is 6.61 Å². The van der Waals surface area contributed by atoms with E-state index in [0.29, 0.717) is 6.04 Å². The average Bonchev–Trinajstić information content (AvgIpc) is 2.14. The summed E-state index contributed by atoms with van der Waals surface area (Å²) >= 11 is 1.77. The Kier molecular flexibility index (Phi) is 9.78. The highest BCUT2D eigenvalue weighted by atomic mass is 32.2. The number of hydrogen-bond acceptors (Lipinski definition) is 3. The minimum atomic E-state index is 0.290. The molecule has 0 rings (SSSR count). The van der Waals surface area contributed by atoms with Gasteiger partial charge in [-0.2, -0.15) is 0 Å². The number of terminal acetylenes is 1. The maximum absolute atomic E-state index is 8.60. The Labute approximate surface area is 85.5 Å². The van der Waals surface area contributed by atoms with Gasteiger partial charge >= 0.3 is 0 Å². The van der Waals surface area contributed by atoms with Gasteiger partial charge in [0.25, 0.3) is 0 Å². The van der Waals surface area contributed by atoms with Gasteiger partial charge in [-0.1, -0.05) is 5.92 Å². The van der Waals surface area contributed by atoms with Crippen molar-refractivity contribution in [2.24, 2.45) is 0 Å². The van der Waals surface area contributed by atoms with Crippen LogP contribution in [0.25, 0.3) is 0 Å². The SMILES string of the molecule is C#CCSCCNC(C)CCCO. The summed E-state index contributed by atoms with van der Waals surface area (Å²) in [5.41, 5.74) is 0. The number of aliphatic hydroxyl groups excluding tert-OH is 1. The van der Waals surface area contributed by atoms with Crippen molar-refractivity contribution < 1.29 is 5.11 Å². The lowest BCUT2D eigenvalue weighted by molar-refractivity contribution is 0.277. The number of aliphatic hydroxyl groups is 1. The molecule has 0 aliphatic carbocycles. The van der Waals surface area contributed by atoms with E-state index in [0.717, 1.165) is 30.9 Å². The molecule has 0 saturated carbocycles. The first-order valence-corrected chi connectivity index (χ1v) is 5.82. The summed E-state index contributed by atoms with van der Waals surface area (Å²) < 4.78 is 0. The highest BCUT2D eigenvalue weighted by molar-refractivity contribution is 7.99. The number of rotatable bonds is 8. The van der Waals surface area contributed by atoms with Crippen LogP contribution in [0.15, 0.2) is 0 Å². The van der Waals surface area contributed by atoms with E-state index >= 15 is 0 Å². The van der Waals surface area contributed by atoms with Crippen molar-refractivity contribution in [3.05, 3.63) is 0 Å². The van der Waals surface area contributed by atoms with E-state index in [1.54, 1.807) is 11.8 Å². The lowest BCUT2D eigenvalue weighted by Crippen LogP contribution is -2.28. The fraction of sp³-hybridized carbons (Fsp3) is 0.800. The first-order chi connectivity index (χ1) is 6.31. The molecule has 1 atom stereocenters. The molecule has 0 saturated heterocycles. The molecular weight excluding hydrogens is 182 g/mol. The summed E-state index contributed by atoms with van der Waals surface area (Å²) in [5, 5.41) is 12.0. The van der Waals surface area contributed by atoms with Crippen LogP contribution < -0.4 is 5.32 Å². The van der Waals surface area contributed by atoms with E-state index in [1.165, 1.54) is 0 Å². The van der Waals surface area contributed by atoms with Crippen LogP contribution in [0.1, 0.15) is 19.8 Å². The molecule has 0 aliphatic heterocycles. The zero-order valence-corrected chi connectivity index (χ0v) is 9.07. The molecule has 0 aromatic rings. The van der Waals surface area contributed by atoms with Gasteiger partial charge < -0.3 is 10.4 Å². The van der Waals surface area contributed by atoms with Gasteiger partial charge in [0, 0.05) is 24.9 Å². The second-order valence-corrected chi connectivity index (χ2v) is 4.08. The van der Waals surface area contributed by atoms with E-state index < -0.39 is 0 Å². The van der Waals surface area contributed by atoms with Crippen molar-refractivity contribution in [3.8, 4) is 12.3 Å². The molecule has 0 aliphatic rings. The minimum Gasteiger partial charge on any atom is -0.396 e. The first-order valence-electron chi connectivity index (χ1n) is 4.66. The maximum atomic E-state index is 8.60. The largest absolute Gasteiger partial charge is 0.396 e. The highest BCUT2D eigenvalue weighted by Crippen LogP contribution is 1.98. The fourth-order valence-electron chi connectivity index (χ4n) is 1.01. The molecule has 3 heteroatoms. The molecule has 0 aromatic carbocycles. The van der Waals surface area contributed by atoms with Gasteiger partial charge in [-0.05, 0) is 19.8 Å². The van der Waals surface area contributed by atoms with E-state index in [2.05, 4.69) is 18.2 Å². The highest BCUT2D eigenvalue weighted by Gasteiger charge is 1.98. The molecule has 0 bridgehead atoms. The number of nitrogens with one attached hydrogen (secondary N) is 1. The second-order valence-electron chi connectivity index (χ2n) is 2.98. The van der Waals surface area contributed by atoms with Crippen LogP contribution in [-0.4, -0.2) is 35.8 Å². The molecule has 0 amide bonds. The molecule has 0 radical (unpaired) electrons. The molecule has 2 nitrogen and oxygen atoms in total. The van der Waals surface area contributed by atoms with Crippen LogP contribution in [-0.2, 0) is 0 Å². The Hall–Kier alpha value is -0.170. The van der Waals surface area contributed by atoms with Gasteiger partial charge in [0.2, 0.25) is 0 Å². The Morgan fingerprint density at radius 2 is 2.38 bits per heavy atom. The zero-order chi connectivity index (χ0) is 9.94. The van der Waals surface area contributed by atoms with Gasteiger partial charge in [-0.3, -0.25) is 0 Å². The monoisotopic (exact) mass is 201 g/mol. The number of hydrogen-bond donors (Lipinski definition) is 2. The summed E-state index contributed by atoms with van der Waals surface area (Å²) in [6.45, 7) is 3.43. The molecule has 2 N–H and O–H groups in total. The molecule has 0 aromatic heterocycles. The third-order valence-electron chi connectivity index (χ3n) is 1.72. The van der Waals surface area contributed by atoms with Crippen LogP contribution in [0.2, 0.25) is 0 Å². The fourth-order valence-corrected chi connectivity index (χ4v) is 1.53. The van der Waals surface area contributed by atoms with Crippen LogP contribution in [0.5, 0.6) is 0 Å². The molecule has 0 heterocycles. The summed E-state index contributed by atoms with van der Waals surface area (Å²) in [6, 6.07) is 0.499. The van der Waals surface area contributed by atoms with Crippen molar-refractivity contribution in [1.29, 1.82) is 0 Å². The molecule has 0 spiro atoms. The first kappa shape index (κ1) is 12.8. The van der Waals surface area contributed by atoms with E-state index in [9.17, 15) is 0 Å². The quantitative estimate of drug-likeness (QED) is 0.456. The Morgan fingerprint density at radius 1 is 1.62 bits per heavy atom.